The summed E-state index contributed by atoms with van der Waals surface area (Å²) in [6, 6.07) is 0. The standard InChI is InChI=1S/C19H30O4/c1-3-4-5-8-14-11-12-16-15(17(20)13-18(16)23-14)9-6-7-10-19(21)22-2/h11,15-16,18H,3-10,12-13H2,1-2H3. The van der Waals surface area contributed by atoms with Crippen LogP contribution in [0, 0.1) is 11.8 Å². The maximum absolute atomic E-state index is 12.3. The summed E-state index contributed by atoms with van der Waals surface area (Å²) in [6.45, 7) is 2.20. The summed E-state index contributed by atoms with van der Waals surface area (Å²) in [4.78, 5) is 23.4. The van der Waals surface area contributed by atoms with Crippen molar-refractivity contribution >= 4 is 11.8 Å². The molecule has 0 radical (unpaired) electrons. The molecule has 0 aromatic heterocycles. The largest absolute Gasteiger partial charge is 0.494 e. The number of carbonyl (C=O) groups is 2. The normalized spacial score (nSPS) is 26.4. The van der Waals surface area contributed by atoms with Crippen LogP contribution in [0.15, 0.2) is 11.8 Å². The van der Waals surface area contributed by atoms with Crippen LogP contribution in [0.25, 0.3) is 0 Å². The monoisotopic (exact) mass is 322 g/mol. The molecule has 1 aliphatic heterocycles. The molecule has 3 atom stereocenters. The lowest BCUT2D eigenvalue weighted by Gasteiger charge is -2.29. The second-order valence-electron chi connectivity index (χ2n) is 6.78. The maximum atomic E-state index is 12.3. The van der Waals surface area contributed by atoms with Gasteiger partial charge in [-0.25, -0.2) is 0 Å². The molecule has 1 saturated carbocycles. The highest BCUT2D eigenvalue weighted by molar-refractivity contribution is 5.84. The van der Waals surface area contributed by atoms with Gasteiger partial charge in [-0.2, -0.15) is 0 Å². The van der Waals surface area contributed by atoms with Crippen molar-refractivity contribution in [2.24, 2.45) is 11.8 Å². The molecule has 3 unspecified atom stereocenters. The van der Waals surface area contributed by atoms with Crippen molar-refractivity contribution in [3.63, 3.8) is 0 Å². The number of ketones is 1. The van der Waals surface area contributed by atoms with Gasteiger partial charge in [-0.3, -0.25) is 9.59 Å². The minimum atomic E-state index is -0.165. The second-order valence-corrected chi connectivity index (χ2v) is 6.78. The van der Waals surface area contributed by atoms with Crippen LogP contribution in [0.4, 0.5) is 0 Å². The number of hydrogen-bond acceptors (Lipinski definition) is 4. The summed E-state index contributed by atoms with van der Waals surface area (Å²) >= 11 is 0. The van der Waals surface area contributed by atoms with Crippen molar-refractivity contribution in [2.75, 3.05) is 7.11 Å². The highest BCUT2D eigenvalue weighted by Gasteiger charge is 2.44. The molecule has 0 aromatic rings. The molecule has 0 amide bonds. The zero-order chi connectivity index (χ0) is 16.7. The first-order valence-corrected chi connectivity index (χ1v) is 9.11. The van der Waals surface area contributed by atoms with E-state index in [-0.39, 0.29) is 18.0 Å². The number of allylic oxidation sites excluding steroid dienone is 2. The van der Waals surface area contributed by atoms with Gasteiger partial charge in [-0.1, -0.05) is 26.2 Å². The summed E-state index contributed by atoms with van der Waals surface area (Å²) < 4.78 is 10.7. The van der Waals surface area contributed by atoms with Crippen LogP contribution in [0.2, 0.25) is 0 Å². The van der Waals surface area contributed by atoms with Crippen molar-refractivity contribution in [1.82, 2.24) is 0 Å². The highest BCUT2D eigenvalue weighted by Crippen LogP contribution is 2.41. The van der Waals surface area contributed by atoms with Gasteiger partial charge in [0.05, 0.1) is 12.9 Å². The third-order valence-electron chi connectivity index (χ3n) is 5.13. The first-order valence-electron chi connectivity index (χ1n) is 9.11. The van der Waals surface area contributed by atoms with Gasteiger partial charge in [0.2, 0.25) is 0 Å². The maximum Gasteiger partial charge on any atom is 0.305 e. The predicted octanol–water partition coefficient (Wildman–Crippen LogP) is 4.18. The SMILES string of the molecule is CCCCCC1=CCC2C(CC(=O)C2CCCCC(=O)OC)O1. The van der Waals surface area contributed by atoms with Gasteiger partial charge >= 0.3 is 5.97 Å². The molecule has 0 aromatic carbocycles. The average Bonchev–Trinajstić information content (AvgIpc) is 2.86. The Labute approximate surface area is 139 Å². The van der Waals surface area contributed by atoms with Gasteiger partial charge in [0.15, 0.2) is 0 Å². The molecule has 0 N–H and O–H groups in total. The lowest BCUT2D eigenvalue weighted by molar-refractivity contribution is -0.140. The van der Waals surface area contributed by atoms with Crippen molar-refractivity contribution in [1.29, 1.82) is 0 Å². The van der Waals surface area contributed by atoms with Crippen molar-refractivity contribution in [3.8, 4) is 0 Å². The molecule has 130 valence electrons. The fourth-order valence-electron chi connectivity index (χ4n) is 3.78. The molecule has 1 heterocycles. The molecule has 2 rings (SSSR count). The van der Waals surface area contributed by atoms with Gasteiger partial charge in [0.1, 0.15) is 11.9 Å². The van der Waals surface area contributed by atoms with Crippen LogP contribution in [0.1, 0.15) is 71.1 Å². The van der Waals surface area contributed by atoms with Gasteiger partial charge in [-0.15, -0.1) is 0 Å². The van der Waals surface area contributed by atoms with Crippen LogP contribution in [0.5, 0.6) is 0 Å². The van der Waals surface area contributed by atoms with Crippen molar-refractivity contribution < 1.29 is 19.1 Å². The third kappa shape index (κ3) is 5.08. The molecule has 1 aliphatic carbocycles. The first-order chi connectivity index (χ1) is 11.2. The Kier molecular flexibility index (Phi) is 7.13. The Balaban J connectivity index is 1.78. The van der Waals surface area contributed by atoms with E-state index in [1.807, 2.05) is 0 Å². The number of ether oxygens (including phenoxy) is 2. The predicted molar refractivity (Wildman–Crippen MR) is 88.8 cm³/mol. The van der Waals surface area contributed by atoms with E-state index in [2.05, 4.69) is 17.7 Å². The molecule has 2 aliphatic rings. The van der Waals surface area contributed by atoms with Crippen molar-refractivity contribution in [3.05, 3.63) is 11.8 Å². The average molecular weight is 322 g/mol. The Morgan fingerprint density at radius 3 is 2.87 bits per heavy atom. The van der Waals surface area contributed by atoms with Crippen LogP contribution < -0.4 is 0 Å². The smallest absolute Gasteiger partial charge is 0.305 e. The number of methoxy groups -OCH3 is 1. The molecule has 0 spiro atoms. The Bertz CT molecular complexity index is 441. The van der Waals surface area contributed by atoms with E-state index in [0.29, 0.717) is 24.5 Å². The zero-order valence-corrected chi connectivity index (χ0v) is 14.5. The van der Waals surface area contributed by atoms with E-state index >= 15 is 0 Å². The van der Waals surface area contributed by atoms with E-state index in [9.17, 15) is 9.59 Å². The Hall–Kier alpha value is -1.32. The number of rotatable bonds is 9. The summed E-state index contributed by atoms with van der Waals surface area (Å²) in [5.74, 6) is 1.74. The van der Waals surface area contributed by atoms with Crippen LogP contribution in [-0.4, -0.2) is 25.0 Å². The number of unbranched alkanes of at least 4 members (excludes halogenated alkanes) is 3. The minimum Gasteiger partial charge on any atom is -0.494 e. The van der Waals surface area contributed by atoms with Gasteiger partial charge in [0, 0.05) is 31.1 Å². The van der Waals surface area contributed by atoms with Crippen LogP contribution >= 0.6 is 0 Å². The molecular weight excluding hydrogens is 292 g/mol. The van der Waals surface area contributed by atoms with E-state index in [1.165, 1.54) is 26.4 Å². The fourth-order valence-corrected chi connectivity index (χ4v) is 3.78. The number of carbonyl (C=O) groups excluding carboxylic acids is 2. The number of hydrogen-bond donors (Lipinski definition) is 0. The van der Waals surface area contributed by atoms with Crippen LogP contribution in [0.3, 0.4) is 0 Å². The van der Waals surface area contributed by atoms with Gasteiger partial charge < -0.3 is 9.47 Å². The van der Waals surface area contributed by atoms with E-state index in [4.69, 9.17) is 4.74 Å². The summed E-state index contributed by atoms with van der Waals surface area (Å²) in [5, 5.41) is 0. The summed E-state index contributed by atoms with van der Waals surface area (Å²) in [7, 11) is 1.41. The lowest BCUT2D eigenvalue weighted by Crippen LogP contribution is -2.26. The lowest BCUT2D eigenvalue weighted by atomic mass is 9.85. The molecule has 4 nitrogen and oxygen atoms in total. The molecular formula is C19H30O4. The minimum absolute atomic E-state index is 0.0923. The molecule has 23 heavy (non-hydrogen) atoms. The molecule has 0 bridgehead atoms. The highest BCUT2D eigenvalue weighted by atomic mass is 16.5. The van der Waals surface area contributed by atoms with Crippen LogP contribution in [-0.2, 0) is 19.1 Å². The summed E-state index contributed by atoms with van der Waals surface area (Å²) in [5.41, 5.74) is 0. The third-order valence-corrected chi connectivity index (χ3v) is 5.13. The zero-order valence-electron chi connectivity index (χ0n) is 14.5. The number of esters is 1. The van der Waals surface area contributed by atoms with Crippen molar-refractivity contribution in [2.45, 2.75) is 77.2 Å². The van der Waals surface area contributed by atoms with E-state index in [0.717, 1.165) is 37.9 Å². The van der Waals surface area contributed by atoms with E-state index < -0.39 is 0 Å². The molecule has 4 heteroatoms. The fraction of sp³-hybridized carbons (Fsp3) is 0.789. The quantitative estimate of drug-likeness (QED) is 0.472. The summed E-state index contributed by atoms with van der Waals surface area (Å²) in [6.07, 6.45) is 11.5. The number of Topliss-reactive ketones (excluding diaryl/α,β-unsaturated/α-hetero) is 1. The first kappa shape index (κ1) is 18.0. The topological polar surface area (TPSA) is 52.6 Å². The Morgan fingerprint density at radius 2 is 2.13 bits per heavy atom. The van der Waals surface area contributed by atoms with Gasteiger partial charge in [-0.05, 0) is 31.8 Å². The molecule has 0 saturated heterocycles. The van der Waals surface area contributed by atoms with E-state index in [1.54, 1.807) is 0 Å². The second kappa shape index (κ2) is 9.09. The molecule has 1 fully saturated rings. The Morgan fingerprint density at radius 1 is 1.30 bits per heavy atom. The van der Waals surface area contributed by atoms with Gasteiger partial charge in [0.25, 0.3) is 0 Å². The number of fused-ring (bicyclic) bond motifs is 1.